The first-order valence-corrected chi connectivity index (χ1v) is 6.51. The third kappa shape index (κ3) is 2.18. The Morgan fingerprint density at radius 1 is 1.21 bits per heavy atom. The molecule has 1 unspecified atom stereocenters. The largest absolute Gasteiger partial charge is 0.356 e. The van der Waals surface area contributed by atoms with Crippen LogP contribution in [0, 0.1) is 6.92 Å². The summed E-state index contributed by atoms with van der Waals surface area (Å²) in [4.78, 5) is 12.6. The molecule has 1 aliphatic rings. The van der Waals surface area contributed by atoms with Crippen LogP contribution >= 0.6 is 11.6 Å². The van der Waals surface area contributed by atoms with Gasteiger partial charge in [-0.1, -0.05) is 41.4 Å². The molecule has 0 saturated carbocycles. The second kappa shape index (κ2) is 4.48. The zero-order chi connectivity index (χ0) is 13.5. The van der Waals surface area contributed by atoms with E-state index >= 15 is 0 Å². The molecule has 2 aromatic carbocycles. The van der Waals surface area contributed by atoms with E-state index in [9.17, 15) is 4.79 Å². The first kappa shape index (κ1) is 12.4. The maximum Gasteiger partial charge on any atom is 0.201 e. The summed E-state index contributed by atoms with van der Waals surface area (Å²) < 4.78 is 5.50. The van der Waals surface area contributed by atoms with Crippen molar-refractivity contribution in [3.05, 3.63) is 70.2 Å². The summed E-state index contributed by atoms with van der Waals surface area (Å²) >= 11 is 5.84. The molecule has 1 fully saturated rings. The van der Waals surface area contributed by atoms with E-state index in [0.717, 1.165) is 11.1 Å². The molecule has 0 aromatic heterocycles. The Labute approximate surface area is 117 Å². The number of epoxide rings is 1. The number of rotatable bonds is 3. The Bertz CT molecular complexity index is 627. The standard InChI is InChI=1S/C16H13ClO2/c1-11-3-2-4-13(9-11)16(10-19-16)15(18)12-5-7-14(17)8-6-12/h2-9H,10H2,1H3. The van der Waals surface area contributed by atoms with E-state index in [0.29, 0.717) is 17.2 Å². The van der Waals surface area contributed by atoms with E-state index in [1.54, 1.807) is 24.3 Å². The van der Waals surface area contributed by atoms with Crippen LogP contribution in [0.25, 0.3) is 0 Å². The Balaban J connectivity index is 1.97. The zero-order valence-electron chi connectivity index (χ0n) is 10.5. The number of aryl methyl sites for hydroxylation is 1. The fourth-order valence-corrected chi connectivity index (χ4v) is 2.36. The van der Waals surface area contributed by atoms with Crippen LogP contribution in [0.4, 0.5) is 0 Å². The van der Waals surface area contributed by atoms with Gasteiger partial charge < -0.3 is 4.74 Å². The lowest BCUT2D eigenvalue weighted by Gasteiger charge is -2.12. The molecular weight excluding hydrogens is 260 g/mol. The molecule has 0 aliphatic carbocycles. The molecule has 1 saturated heterocycles. The highest BCUT2D eigenvalue weighted by Crippen LogP contribution is 2.42. The molecule has 1 atom stereocenters. The lowest BCUT2D eigenvalue weighted by molar-refractivity contribution is 0.0871. The minimum Gasteiger partial charge on any atom is -0.356 e. The average Bonchev–Trinajstić information content (AvgIpc) is 3.20. The van der Waals surface area contributed by atoms with Crippen LogP contribution in [-0.4, -0.2) is 12.4 Å². The van der Waals surface area contributed by atoms with Crippen molar-refractivity contribution in [1.29, 1.82) is 0 Å². The number of hydrogen-bond acceptors (Lipinski definition) is 2. The van der Waals surface area contributed by atoms with Gasteiger partial charge in [0.1, 0.15) is 0 Å². The molecule has 2 nitrogen and oxygen atoms in total. The number of Topliss-reactive ketones (excluding diaryl/α,β-unsaturated/α-hetero) is 1. The second-order valence-corrected chi connectivity index (χ2v) is 5.26. The smallest absolute Gasteiger partial charge is 0.201 e. The zero-order valence-corrected chi connectivity index (χ0v) is 11.3. The van der Waals surface area contributed by atoms with Crippen molar-refractivity contribution >= 4 is 17.4 Å². The topological polar surface area (TPSA) is 29.6 Å². The van der Waals surface area contributed by atoms with E-state index in [1.165, 1.54) is 0 Å². The van der Waals surface area contributed by atoms with Gasteiger partial charge in [-0.05, 0) is 36.8 Å². The first-order chi connectivity index (χ1) is 9.12. The van der Waals surface area contributed by atoms with Gasteiger partial charge in [0.25, 0.3) is 0 Å². The Morgan fingerprint density at radius 3 is 2.47 bits per heavy atom. The highest BCUT2D eigenvalue weighted by atomic mass is 35.5. The van der Waals surface area contributed by atoms with Gasteiger partial charge in [-0.2, -0.15) is 0 Å². The first-order valence-electron chi connectivity index (χ1n) is 6.13. The number of ketones is 1. The van der Waals surface area contributed by atoms with Gasteiger partial charge in [-0.15, -0.1) is 0 Å². The van der Waals surface area contributed by atoms with Crippen LogP contribution in [0.5, 0.6) is 0 Å². The molecule has 0 amide bonds. The molecule has 0 radical (unpaired) electrons. The molecule has 96 valence electrons. The molecule has 0 spiro atoms. The molecule has 1 aliphatic heterocycles. The van der Waals surface area contributed by atoms with E-state index in [4.69, 9.17) is 16.3 Å². The minimum absolute atomic E-state index is 0.00485. The van der Waals surface area contributed by atoms with E-state index in [2.05, 4.69) is 0 Å². The molecule has 2 aromatic rings. The Kier molecular flexibility index (Phi) is 2.92. The van der Waals surface area contributed by atoms with E-state index in [1.807, 2.05) is 31.2 Å². The van der Waals surface area contributed by atoms with Crippen molar-refractivity contribution in [3.63, 3.8) is 0 Å². The van der Waals surface area contributed by atoms with Crippen molar-refractivity contribution in [3.8, 4) is 0 Å². The highest BCUT2D eigenvalue weighted by Gasteiger charge is 2.53. The average molecular weight is 273 g/mol. The number of benzene rings is 2. The summed E-state index contributed by atoms with van der Waals surface area (Å²) in [6.45, 7) is 2.45. The van der Waals surface area contributed by atoms with E-state index in [-0.39, 0.29) is 5.78 Å². The maximum atomic E-state index is 12.6. The van der Waals surface area contributed by atoms with Gasteiger partial charge in [0.05, 0.1) is 6.61 Å². The molecule has 1 heterocycles. The van der Waals surface area contributed by atoms with Gasteiger partial charge in [-0.3, -0.25) is 4.79 Å². The summed E-state index contributed by atoms with van der Waals surface area (Å²) in [6.07, 6.45) is 0. The minimum atomic E-state index is -0.792. The van der Waals surface area contributed by atoms with Crippen molar-refractivity contribution in [2.75, 3.05) is 6.61 Å². The molecule has 19 heavy (non-hydrogen) atoms. The van der Waals surface area contributed by atoms with Crippen molar-refractivity contribution in [2.24, 2.45) is 0 Å². The summed E-state index contributed by atoms with van der Waals surface area (Å²) in [5.41, 5.74) is 1.88. The van der Waals surface area contributed by atoms with Gasteiger partial charge in [0.15, 0.2) is 5.60 Å². The van der Waals surface area contributed by atoms with Gasteiger partial charge in [0.2, 0.25) is 5.78 Å². The van der Waals surface area contributed by atoms with Gasteiger partial charge in [0, 0.05) is 10.6 Å². The molecule has 3 heteroatoms. The van der Waals surface area contributed by atoms with Crippen molar-refractivity contribution in [2.45, 2.75) is 12.5 Å². The summed E-state index contributed by atoms with van der Waals surface area (Å²) in [7, 11) is 0. The Morgan fingerprint density at radius 2 is 1.89 bits per heavy atom. The number of carbonyl (C=O) groups is 1. The SMILES string of the molecule is Cc1cccc(C2(C(=O)c3ccc(Cl)cc3)CO2)c1. The van der Waals surface area contributed by atoms with Gasteiger partial charge in [-0.25, -0.2) is 0 Å². The lowest BCUT2D eigenvalue weighted by Crippen LogP contribution is -2.22. The molecule has 3 rings (SSSR count). The predicted molar refractivity (Wildman–Crippen MR) is 74.6 cm³/mol. The molecular formula is C16H13ClO2. The number of carbonyl (C=O) groups excluding carboxylic acids is 1. The van der Waals surface area contributed by atoms with E-state index < -0.39 is 5.60 Å². The van der Waals surface area contributed by atoms with Crippen LogP contribution in [0.2, 0.25) is 5.02 Å². The van der Waals surface area contributed by atoms with Crippen molar-refractivity contribution in [1.82, 2.24) is 0 Å². The van der Waals surface area contributed by atoms with Crippen LogP contribution in [0.15, 0.2) is 48.5 Å². The number of ether oxygens (including phenoxy) is 1. The Hall–Kier alpha value is -1.64. The maximum absolute atomic E-state index is 12.6. The van der Waals surface area contributed by atoms with Crippen molar-refractivity contribution < 1.29 is 9.53 Å². The second-order valence-electron chi connectivity index (χ2n) is 4.82. The quantitative estimate of drug-likeness (QED) is 0.629. The monoisotopic (exact) mass is 272 g/mol. The van der Waals surface area contributed by atoms with Gasteiger partial charge >= 0.3 is 0 Å². The number of hydrogen-bond donors (Lipinski definition) is 0. The normalized spacial score (nSPS) is 21.2. The third-order valence-electron chi connectivity index (χ3n) is 3.39. The number of halogens is 1. The van der Waals surface area contributed by atoms with Crippen LogP contribution in [0.3, 0.4) is 0 Å². The van der Waals surface area contributed by atoms with Crippen LogP contribution in [0.1, 0.15) is 21.5 Å². The predicted octanol–water partition coefficient (Wildman–Crippen LogP) is 3.76. The lowest BCUT2D eigenvalue weighted by atomic mass is 9.90. The fraction of sp³-hybridized carbons (Fsp3) is 0.188. The summed E-state index contributed by atoms with van der Waals surface area (Å²) in [5, 5.41) is 0.623. The third-order valence-corrected chi connectivity index (χ3v) is 3.64. The van der Waals surface area contributed by atoms with Crippen LogP contribution in [-0.2, 0) is 10.3 Å². The summed E-state index contributed by atoms with van der Waals surface area (Å²) in [5.74, 6) is -0.00485. The summed E-state index contributed by atoms with van der Waals surface area (Å²) in [6, 6.07) is 14.8. The molecule has 0 N–H and O–H groups in total. The fourth-order valence-electron chi connectivity index (χ4n) is 2.23. The van der Waals surface area contributed by atoms with Crippen LogP contribution < -0.4 is 0 Å². The highest BCUT2D eigenvalue weighted by molar-refractivity contribution is 6.30. The molecule has 0 bridgehead atoms.